The van der Waals surface area contributed by atoms with Crippen molar-refractivity contribution in [2.24, 2.45) is 0 Å². The van der Waals surface area contributed by atoms with E-state index in [1.54, 1.807) is 0 Å². The van der Waals surface area contributed by atoms with Gasteiger partial charge in [0, 0.05) is 97.6 Å². The molecule has 0 amide bonds. The van der Waals surface area contributed by atoms with Gasteiger partial charge in [0.1, 0.15) is 0 Å². The monoisotopic (exact) mass is 155 g/mol. The Bertz CT molecular complexity index is 8.00. The van der Waals surface area contributed by atoms with E-state index in [1.165, 1.54) is 0 Å². The fourth-order valence-electron chi connectivity index (χ4n) is 0. The minimum atomic E-state index is 0. The molecular formula is AlCaMgZn. The van der Waals surface area contributed by atoms with Gasteiger partial charge in [-0.2, -0.15) is 0 Å². The fourth-order valence-corrected chi connectivity index (χ4v) is 0. The Labute approximate surface area is 95.5 Å². The molecule has 0 aliphatic carbocycles. The van der Waals surface area contributed by atoms with Crippen molar-refractivity contribution in [3.05, 3.63) is 0 Å². The molecule has 7 radical (unpaired) electrons. The van der Waals surface area contributed by atoms with Gasteiger partial charge in [-0.15, -0.1) is 0 Å². The van der Waals surface area contributed by atoms with Gasteiger partial charge >= 0.3 is 0 Å². The molecule has 9 valence electrons. The van der Waals surface area contributed by atoms with Gasteiger partial charge in [-0.25, -0.2) is 0 Å². The van der Waals surface area contributed by atoms with Crippen LogP contribution in [0.5, 0.6) is 0 Å². The van der Waals surface area contributed by atoms with E-state index < -0.39 is 0 Å². The van der Waals surface area contributed by atoms with Crippen LogP contribution in [-0.2, 0) is 19.5 Å². The van der Waals surface area contributed by atoms with E-state index >= 15 is 0 Å². The van der Waals surface area contributed by atoms with Crippen LogP contribution in [0, 0.1) is 0 Å². The first-order valence-corrected chi connectivity index (χ1v) is 0. The molecular weight excluding hydrogens is 157 g/mol. The minimum absolute atomic E-state index is 0. The van der Waals surface area contributed by atoms with E-state index in [9.17, 15) is 0 Å². The summed E-state index contributed by atoms with van der Waals surface area (Å²) in [5.74, 6) is 0. The summed E-state index contributed by atoms with van der Waals surface area (Å²) in [6.45, 7) is 0. The van der Waals surface area contributed by atoms with Gasteiger partial charge in [-0.3, -0.25) is 0 Å². The Balaban J connectivity index is 0. The van der Waals surface area contributed by atoms with Gasteiger partial charge < -0.3 is 0 Å². The third kappa shape index (κ3) is 8.95. The largest absolute Gasteiger partial charge is 0 e. The van der Waals surface area contributed by atoms with Crippen LogP contribution < -0.4 is 0 Å². The first kappa shape index (κ1) is 27.1. The Morgan fingerprint density at radius 2 is 1.00 bits per heavy atom. The summed E-state index contributed by atoms with van der Waals surface area (Å²) in [6, 6.07) is 0. The van der Waals surface area contributed by atoms with Crippen molar-refractivity contribution in [2.75, 3.05) is 0 Å². The molecule has 0 saturated heterocycles. The second kappa shape index (κ2) is 16.4. The maximum Gasteiger partial charge on any atom is 0 e. The Morgan fingerprint density at radius 3 is 1.00 bits per heavy atom. The van der Waals surface area contributed by atoms with Gasteiger partial charge in [0.25, 0.3) is 0 Å². The van der Waals surface area contributed by atoms with Crippen LogP contribution in [0.4, 0.5) is 0 Å². The molecule has 0 spiro atoms. The van der Waals surface area contributed by atoms with Crippen molar-refractivity contribution in [3.63, 3.8) is 0 Å². The van der Waals surface area contributed by atoms with Gasteiger partial charge in [0.15, 0.2) is 0 Å². The summed E-state index contributed by atoms with van der Waals surface area (Å²) in [5.41, 5.74) is 0. The molecule has 0 rings (SSSR count). The SMILES string of the molecule is [Al].[Ca].[Mg].[Zn]. The maximum absolute atomic E-state index is 0. The van der Waals surface area contributed by atoms with Gasteiger partial charge in [-0.05, 0) is 0 Å². The molecule has 0 nitrogen and oxygen atoms in total. The predicted molar refractivity (Wildman–Crippen MR) is 17.3 cm³/mol. The van der Waals surface area contributed by atoms with Crippen LogP contribution in [0.3, 0.4) is 0 Å². The molecule has 0 aliphatic heterocycles. The van der Waals surface area contributed by atoms with Crippen LogP contribution in [-0.4, -0.2) is 78.2 Å². The van der Waals surface area contributed by atoms with Crippen LogP contribution in [0.2, 0.25) is 0 Å². The van der Waals surface area contributed by atoms with Crippen LogP contribution in [0.1, 0.15) is 0 Å². The van der Waals surface area contributed by atoms with Crippen molar-refractivity contribution in [1.82, 2.24) is 0 Å². The van der Waals surface area contributed by atoms with Crippen molar-refractivity contribution in [3.8, 4) is 0 Å². The zero-order valence-corrected chi connectivity index (χ0v) is 10.4. The van der Waals surface area contributed by atoms with Gasteiger partial charge in [0.05, 0.1) is 0 Å². The van der Waals surface area contributed by atoms with Crippen molar-refractivity contribution >= 4 is 78.2 Å². The fraction of sp³-hybridized carbons (Fsp3) is 0. The molecule has 0 aromatic rings. The summed E-state index contributed by atoms with van der Waals surface area (Å²) in [7, 11) is 0. The summed E-state index contributed by atoms with van der Waals surface area (Å²) in [6.07, 6.45) is 0. The maximum atomic E-state index is 0. The molecule has 0 N–H and O–H groups in total. The number of hydrogen-bond donors (Lipinski definition) is 0. The minimum Gasteiger partial charge on any atom is 0 e. The molecule has 0 aromatic carbocycles. The predicted octanol–water partition coefficient (Wildman–Crippen LogP) is -1.14. The molecule has 0 aromatic heterocycles. The average Bonchev–Trinajstić information content (AvgIpc) is 0. The average molecular weight is 157 g/mol. The third-order valence-corrected chi connectivity index (χ3v) is 0. The zero-order valence-electron chi connectivity index (χ0n) is 2.70. The van der Waals surface area contributed by atoms with Crippen LogP contribution >= 0.6 is 0 Å². The van der Waals surface area contributed by atoms with Crippen LogP contribution in [0.25, 0.3) is 0 Å². The molecule has 4 heteroatoms. The molecule has 0 atom stereocenters. The number of rotatable bonds is 0. The first-order chi connectivity index (χ1) is 0. The molecule has 0 aliphatic rings. The van der Waals surface area contributed by atoms with E-state index in [0.717, 1.165) is 0 Å². The Kier molecular flexibility index (Phi) is 111. The van der Waals surface area contributed by atoms with Crippen molar-refractivity contribution in [1.29, 1.82) is 0 Å². The standard InChI is InChI=1S/Al.Ca.Mg.Zn. The summed E-state index contributed by atoms with van der Waals surface area (Å²) >= 11 is 0. The molecule has 0 unspecified atom stereocenters. The van der Waals surface area contributed by atoms with Crippen molar-refractivity contribution in [2.45, 2.75) is 0 Å². The Morgan fingerprint density at radius 1 is 1.00 bits per heavy atom. The van der Waals surface area contributed by atoms with E-state index in [1.807, 2.05) is 0 Å². The molecule has 0 saturated carbocycles. The topological polar surface area (TPSA) is 0 Å². The zero-order chi connectivity index (χ0) is 0. The molecule has 4 heavy (non-hydrogen) atoms. The van der Waals surface area contributed by atoms with E-state index in [2.05, 4.69) is 0 Å². The van der Waals surface area contributed by atoms with Crippen molar-refractivity contribution < 1.29 is 19.5 Å². The summed E-state index contributed by atoms with van der Waals surface area (Å²) in [5, 5.41) is 0. The molecule has 0 fully saturated rings. The third-order valence-electron chi connectivity index (χ3n) is 0. The normalized spacial score (nSPS) is 0. The summed E-state index contributed by atoms with van der Waals surface area (Å²) in [4.78, 5) is 0. The van der Waals surface area contributed by atoms with Crippen LogP contribution in [0.15, 0.2) is 0 Å². The summed E-state index contributed by atoms with van der Waals surface area (Å²) < 4.78 is 0. The van der Waals surface area contributed by atoms with E-state index in [4.69, 9.17) is 0 Å². The van der Waals surface area contributed by atoms with Gasteiger partial charge in [-0.1, -0.05) is 0 Å². The molecule has 0 heterocycles. The quantitative estimate of drug-likeness (QED) is 0.389. The van der Waals surface area contributed by atoms with E-state index in [-0.39, 0.29) is 97.6 Å². The second-order valence-corrected chi connectivity index (χ2v) is 0. The number of hydrogen-bond acceptors (Lipinski definition) is 0. The smallest absolute Gasteiger partial charge is 0 e. The van der Waals surface area contributed by atoms with Gasteiger partial charge in [0.2, 0.25) is 0 Å². The molecule has 0 bridgehead atoms. The Hall–Kier alpha value is 3.18. The van der Waals surface area contributed by atoms with E-state index in [0.29, 0.717) is 0 Å². The second-order valence-electron chi connectivity index (χ2n) is 0. The first-order valence-electron chi connectivity index (χ1n) is 0.